The number of carbonyl (C=O) groups excluding carboxylic acids is 1. The lowest BCUT2D eigenvalue weighted by molar-refractivity contribution is -0.118. The topological polar surface area (TPSA) is 29.1 Å². The number of nitrogens with one attached hydrogen (secondary N) is 1. The molecule has 0 spiro atoms. The number of halogens is 2. The molecule has 0 aromatic heterocycles. The first-order valence-electron chi connectivity index (χ1n) is 6.85. The van der Waals surface area contributed by atoms with E-state index in [4.69, 9.17) is 0 Å². The minimum atomic E-state index is -0.367. The Labute approximate surface area is 141 Å². The van der Waals surface area contributed by atoms with E-state index >= 15 is 0 Å². The number of amides is 1. The van der Waals surface area contributed by atoms with Gasteiger partial charge in [0.15, 0.2) is 0 Å². The highest BCUT2D eigenvalue weighted by Gasteiger charge is 2.51. The van der Waals surface area contributed by atoms with Crippen molar-refractivity contribution in [2.45, 2.75) is 25.2 Å². The monoisotopic (exact) mass is 407 g/mol. The Morgan fingerprint density at radius 1 is 1.14 bits per heavy atom. The van der Waals surface area contributed by atoms with Crippen LogP contribution in [0.4, 0.5) is 5.69 Å². The standard InChI is InChI=1S/C17H15Br2NO/c1-11-5-6-15(14(19)9-11)20-16(21)17(7-8-17)12-3-2-4-13(18)10-12/h2-6,9-10H,7-8H2,1H3,(H,20,21). The zero-order valence-corrected chi connectivity index (χ0v) is 14.8. The Bertz CT molecular complexity index is 708. The SMILES string of the molecule is Cc1ccc(NC(=O)C2(c3cccc(Br)c3)CC2)c(Br)c1. The summed E-state index contributed by atoms with van der Waals surface area (Å²) in [6.45, 7) is 2.03. The van der Waals surface area contributed by atoms with Gasteiger partial charge in [-0.15, -0.1) is 0 Å². The number of hydrogen-bond acceptors (Lipinski definition) is 1. The van der Waals surface area contributed by atoms with Gasteiger partial charge >= 0.3 is 0 Å². The summed E-state index contributed by atoms with van der Waals surface area (Å²) in [6.07, 6.45) is 1.80. The molecular formula is C17H15Br2NO. The van der Waals surface area contributed by atoms with Crippen LogP contribution in [0.5, 0.6) is 0 Å². The van der Waals surface area contributed by atoms with Gasteiger partial charge in [0, 0.05) is 8.95 Å². The van der Waals surface area contributed by atoms with Crippen LogP contribution in [0.15, 0.2) is 51.4 Å². The van der Waals surface area contributed by atoms with Gasteiger partial charge in [-0.25, -0.2) is 0 Å². The van der Waals surface area contributed by atoms with E-state index in [1.165, 1.54) is 0 Å². The second-order valence-electron chi connectivity index (χ2n) is 5.53. The van der Waals surface area contributed by atoms with Gasteiger partial charge in [-0.1, -0.05) is 34.1 Å². The number of benzene rings is 2. The number of carbonyl (C=O) groups is 1. The van der Waals surface area contributed by atoms with Crippen molar-refractivity contribution >= 4 is 43.5 Å². The van der Waals surface area contributed by atoms with E-state index in [9.17, 15) is 4.79 Å². The van der Waals surface area contributed by atoms with Crippen LogP contribution in [0.3, 0.4) is 0 Å². The Morgan fingerprint density at radius 3 is 2.52 bits per heavy atom. The number of aryl methyl sites for hydroxylation is 1. The van der Waals surface area contributed by atoms with Gasteiger partial charge in [-0.2, -0.15) is 0 Å². The molecule has 0 heterocycles. The molecule has 0 saturated heterocycles. The summed E-state index contributed by atoms with van der Waals surface area (Å²) in [5, 5.41) is 3.06. The molecule has 108 valence electrons. The molecule has 4 heteroatoms. The van der Waals surface area contributed by atoms with Gasteiger partial charge < -0.3 is 5.32 Å². The fourth-order valence-corrected chi connectivity index (χ4v) is 3.51. The highest BCUT2D eigenvalue weighted by Crippen LogP contribution is 2.49. The molecule has 1 N–H and O–H groups in total. The Hall–Kier alpha value is -1.13. The maximum absolute atomic E-state index is 12.7. The quantitative estimate of drug-likeness (QED) is 0.743. The maximum atomic E-state index is 12.7. The smallest absolute Gasteiger partial charge is 0.235 e. The molecule has 21 heavy (non-hydrogen) atoms. The molecule has 1 fully saturated rings. The molecule has 2 aromatic carbocycles. The first kappa shape index (κ1) is 14.8. The largest absolute Gasteiger partial charge is 0.324 e. The van der Waals surface area contributed by atoms with Gasteiger partial charge in [-0.05, 0) is 71.1 Å². The highest BCUT2D eigenvalue weighted by atomic mass is 79.9. The molecule has 0 unspecified atom stereocenters. The summed E-state index contributed by atoms with van der Waals surface area (Å²) in [5.74, 6) is 0.0742. The van der Waals surface area contributed by atoms with Crippen molar-refractivity contribution in [1.82, 2.24) is 0 Å². The molecule has 0 bridgehead atoms. The molecule has 2 aromatic rings. The molecule has 1 saturated carbocycles. The van der Waals surface area contributed by atoms with Crippen LogP contribution in [-0.4, -0.2) is 5.91 Å². The van der Waals surface area contributed by atoms with Crippen molar-refractivity contribution in [3.8, 4) is 0 Å². The van der Waals surface area contributed by atoms with Gasteiger partial charge in [0.2, 0.25) is 5.91 Å². The highest BCUT2D eigenvalue weighted by molar-refractivity contribution is 9.10. The second-order valence-corrected chi connectivity index (χ2v) is 7.30. The Morgan fingerprint density at radius 2 is 1.90 bits per heavy atom. The fraction of sp³-hybridized carbons (Fsp3) is 0.235. The Kier molecular flexibility index (Phi) is 3.93. The van der Waals surface area contributed by atoms with Crippen molar-refractivity contribution in [3.63, 3.8) is 0 Å². The van der Waals surface area contributed by atoms with Gasteiger partial charge in [-0.3, -0.25) is 4.79 Å². The van der Waals surface area contributed by atoms with E-state index in [0.717, 1.165) is 38.6 Å². The van der Waals surface area contributed by atoms with Gasteiger partial charge in [0.1, 0.15) is 0 Å². The van der Waals surface area contributed by atoms with Crippen LogP contribution in [0, 0.1) is 6.92 Å². The maximum Gasteiger partial charge on any atom is 0.235 e. The normalized spacial score (nSPS) is 15.6. The number of anilines is 1. The van der Waals surface area contributed by atoms with Crippen molar-refractivity contribution in [3.05, 3.63) is 62.5 Å². The van der Waals surface area contributed by atoms with Gasteiger partial charge in [0.05, 0.1) is 11.1 Å². The third-order valence-electron chi connectivity index (χ3n) is 3.93. The minimum absolute atomic E-state index is 0.0742. The molecule has 1 aliphatic carbocycles. The molecule has 1 amide bonds. The predicted octanol–water partition coefficient (Wildman–Crippen LogP) is 5.19. The van der Waals surface area contributed by atoms with Crippen molar-refractivity contribution in [1.29, 1.82) is 0 Å². The van der Waals surface area contributed by atoms with Crippen LogP contribution >= 0.6 is 31.9 Å². The number of hydrogen-bond donors (Lipinski definition) is 1. The van der Waals surface area contributed by atoms with Crippen molar-refractivity contribution in [2.75, 3.05) is 5.32 Å². The van der Waals surface area contributed by atoms with E-state index in [2.05, 4.69) is 37.2 Å². The summed E-state index contributed by atoms with van der Waals surface area (Å²) in [6, 6.07) is 14.0. The lowest BCUT2D eigenvalue weighted by Gasteiger charge is -2.17. The van der Waals surface area contributed by atoms with Gasteiger partial charge in [0.25, 0.3) is 0 Å². The fourth-order valence-electron chi connectivity index (χ4n) is 2.52. The molecule has 3 rings (SSSR count). The summed E-state index contributed by atoms with van der Waals surface area (Å²) in [5.41, 5.74) is 2.70. The summed E-state index contributed by atoms with van der Waals surface area (Å²) >= 11 is 6.99. The third kappa shape index (κ3) is 2.92. The van der Waals surface area contributed by atoms with Crippen LogP contribution < -0.4 is 5.32 Å². The van der Waals surface area contributed by atoms with E-state index in [0.29, 0.717) is 0 Å². The molecule has 2 nitrogen and oxygen atoms in total. The van der Waals surface area contributed by atoms with E-state index in [1.807, 2.05) is 49.4 Å². The summed E-state index contributed by atoms with van der Waals surface area (Å²) < 4.78 is 1.93. The molecule has 1 aliphatic rings. The molecule has 0 radical (unpaired) electrons. The van der Waals surface area contributed by atoms with Crippen molar-refractivity contribution in [2.24, 2.45) is 0 Å². The number of rotatable bonds is 3. The zero-order valence-electron chi connectivity index (χ0n) is 11.6. The first-order valence-corrected chi connectivity index (χ1v) is 8.43. The lowest BCUT2D eigenvalue weighted by atomic mass is 9.95. The van der Waals surface area contributed by atoms with E-state index in [-0.39, 0.29) is 11.3 Å². The minimum Gasteiger partial charge on any atom is -0.324 e. The third-order valence-corrected chi connectivity index (χ3v) is 5.08. The average Bonchev–Trinajstić information content (AvgIpc) is 3.23. The zero-order chi connectivity index (χ0) is 15.0. The van der Waals surface area contributed by atoms with E-state index in [1.54, 1.807) is 0 Å². The van der Waals surface area contributed by atoms with E-state index < -0.39 is 0 Å². The van der Waals surface area contributed by atoms with Crippen LogP contribution in [0.1, 0.15) is 24.0 Å². The molecule has 0 atom stereocenters. The van der Waals surface area contributed by atoms with Crippen LogP contribution in [0.25, 0.3) is 0 Å². The second kappa shape index (κ2) is 5.58. The molecule has 0 aliphatic heterocycles. The van der Waals surface area contributed by atoms with Crippen LogP contribution in [0.2, 0.25) is 0 Å². The lowest BCUT2D eigenvalue weighted by Crippen LogP contribution is -2.28. The summed E-state index contributed by atoms with van der Waals surface area (Å²) in [7, 11) is 0. The molecular weight excluding hydrogens is 394 g/mol. The summed E-state index contributed by atoms with van der Waals surface area (Å²) in [4.78, 5) is 12.7. The first-order chi connectivity index (χ1) is 10.0. The Balaban J connectivity index is 1.85. The van der Waals surface area contributed by atoms with Crippen LogP contribution in [-0.2, 0) is 10.2 Å². The average molecular weight is 409 g/mol. The van der Waals surface area contributed by atoms with Crippen molar-refractivity contribution < 1.29 is 4.79 Å². The predicted molar refractivity (Wildman–Crippen MR) is 92.6 cm³/mol.